The van der Waals surface area contributed by atoms with Crippen LogP contribution in [0.25, 0.3) is 0 Å². The number of nitrogens with zero attached hydrogens (tertiary/aromatic N) is 3. The lowest BCUT2D eigenvalue weighted by molar-refractivity contribution is -0.152. The fourth-order valence-corrected chi connectivity index (χ4v) is 6.23. The first-order valence-corrected chi connectivity index (χ1v) is 13.9. The van der Waals surface area contributed by atoms with Crippen LogP contribution >= 0.6 is 48.3 Å². The summed E-state index contributed by atoms with van der Waals surface area (Å²) in [6.07, 6.45) is 1.59. The molecule has 0 aliphatic carbocycles. The summed E-state index contributed by atoms with van der Waals surface area (Å²) >= 11 is 18.4. The molecular weight excluding hydrogens is 605 g/mol. The molecule has 13 heteroatoms. The Morgan fingerprint density at radius 3 is 2.15 bits per heavy atom. The first-order chi connectivity index (χ1) is 18.3. The van der Waals surface area contributed by atoms with Crippen molar-refractivity contribution in [2.24, 2.45) is 0 Å². The van der Waals surface area contributed by atoms with Gasteiger partial charge in [0.2, 0.25) is 0 Å². The third-order valence-electron chi connectivity index (χ3n) is 7.72. The number of nitrogens with one attached hydrogen (secondary N) is 1. The number of carbonyl (C=O) groups is 2. The maximum absolute atomic E-state index is 13.1. The summed E-state index contributed by atoms with van der Waals surface area (Å²) in [5.41, 5.74) is -0.386. The molecule has 0 saturated carbocycles. The number of aliphatic hydroxyl groups is 1. The maximum Gasteiger partial charge on any atom is 0.282 e. The molecule has 5 rings (SSSR count). The van der Waals surface area contributed by atoms with Gasteiger partial charge in [-0.1, -0.05) is 34.8 Å². The van der Waals surface area contributed by atoms with Crippen molar-refractivity contribution in [3.8, 4) is 0 Å². The number of benzene rings is 2. The van der Waals surface area contributed by atoms with Crippen LogP contribution in [0.15, 0.2) is 36.4 Å². The predicted octanol–water partition coefficient (Wildman–Crippen LogP) is 4.85. The lowest BCUT2D eigenvalue weighted by Gasteiger charge is -2.48. The Kier molecular flexibility index (Phi) is 9.19. The highest BCUT2D eigenvalue weighted by Gasteiger charge is 2.46. The van der Waals surface area contributed by atoms with E-state index >= 15 is 0 Å². The van der Waals surface area contributed by atoms with Gasteiger partial charge in [0.25, 0.3) is 17.7 Å². The Morgan fingerprint density at radius 2 is 1.60 bits per heavy atom. The molecule has 0 bridgehead atoms. The van der Waals surface area contributed by atoms with Gasteiger partial charge in [0.1, 0.15) is 0 Å². The summed E-state index contributed by atoms with van der Waals surface area (Å²) in [7, 11) is 0. The van der Waals surface area contributed by atoms with Gasteiger partial charge in [-0.2, -0.15) is 13.5 Å². The number of halogens is 5. The van der Waals surface area contributed by atoms with E-state index in [4.69, 9.17) is 34.8 Å². The summed E-state index contributed by atoms with van der Waals surface area (Å²) in [5, 5.41) is 15.4. The lowest BCUT2D eigenvalue weighted by Crippen LogP contribution is -2.61. The van der Waals surface area contributed by atoms with Crippen LogP contribution in [0, 0.1) is 0 Å². The summed E-state index contributed by atoms with van der Waals surface area (Å²) in [5.74, 6) is -3.68. The molecule has 2 aromatic carbocycles. The average Bonchev–Trinajstić information content (AvgIpc) is 2.83. The van der Waals surface area contributed by atoms with Crippen molar-refractivity contribution in [2.45, 2.75) is 43.4 Å². The molecule has 40 heavy (non-hydrogen) atoms. The Bertz CT molecular complexity index is 1260. The van der Waals surface area contributed by atoms with E-state index in [9.17, 15) is 23.5 Å². The van der Waals surface area contributed by atoms with Crippen molar-refractivity contribution in [1.82, 2.24) is 14.7 Å². The number of carbonyl (C=O) groups excluding carboxylic acids is 2. The van der Waals surface area contributed by atoms with Gasteiger partial charge < -0.3 is 20.2 Å². The van der Waals surface area contributed by atoms with Gasteiger partial charge in [-0.25, -0.2) is 8.78 Å². The molecule has 2 amide bonds. The largest absolute Gasteiger partial charge is 0.380 e. The normalized spacial score (nSPS) is 21.1. The van der Waals surface area contributed by atoms with Crippen LogP contribution in [0.5, 0.6) is 0 Å². The molecule has 1 atom stereocenters. The van der Waals surface area contributed by atoms with Crippen LogP contribution in [0.4, 0.5) is 14.5 Å². The van der Waals surface area contributed by atoms with E-state index in [-0.39, 0.29) is 36.0 Å². The minimum Gasteiger partial charge on any atom is -0.380 e. The minimum absolute atomic E-state index is 0. The molecule has 0 aromatic heterocycles. The molecule has 2 N–H and O–H groups in total. The van der Waals surface area contributed by atoms with E-state index < -0.39 is 30.5 Å². The zero-order valence-corrected chi connectivity index (χ0v) is 25.0. The van der Waals surface area contributed by atoms with E-state index in [1.54, 1.807) is 41.3 Å². The Balaban J connectivity index is 0.00000370. The zero-order valence-electron chi connectivity index (χ0n) is 21.8. The van der Waals surface area contributed by atoms with Crippen LogP contribution in [0.1, 0.15) is 35.7 Å². The minimum atomic E-state index is -2.82. The second-order valence-electron chi connectivity index (χ2n) is 10.8. The Hall–Kier alpha value is -1.82. The molecular formula is C27H31Cl3F2N4O3S. The monoisotopic (exact) mass is 634 g/mol. The molecule has 3 aliphatic rings. The maximum atomic E-state index is 13.1. The van der Waals surface area contributed by atoms with Crippen LogP contribution in [0.3, 0.4) is 0 Å². The first-order valence-electron chi connectivity index (χ1n) is 12.8. The lowest BCUT2D eigenvalue weighted by atomic mass is 9.92. The van der Waals surface area contributed by atoms with E-state index in [1.807, 2.05) is 0 Å². The molecule has 0 unspecified atom stereocenters. The molecule has 2 aromatic rings. The van der Waals surface area contributed by atoms with Crippen molar-refractivity contribution in [2.75, 3.05) is 44.6 Å². The number of rotatable bonds is 6. The number of hydrogen-bond acceptors (Lipinski definition) is 5. The highest BCUT2D eigenvalue weighted by molar-refractivity contribution is 7.59. The second kappa shape index (κ2) is 11.8. The molecule has 3 aliphatic heterocycles. The summed E-state index contributed by atoms with van der Waals surface area (Å²) < 4.78 is 26.2. The molecule has 0 spiro atoms. The van der Waals surface area contributed by atoms with E-state index in [0.717, 1.165) is 36.5 Å². The van der Waals surface area contributed by atoms with E-state index in [0.29, 0.717) is 34.7 Å². The van der Waals surface area contributed by atoms with Gasteiger partial charge in [-0.3, -0.25) is 14.5 Å². The van der Waals surface area contributed by atoms with Crippen LogP contribution in [0.2, 0.25) is 15.1 Å². The summed E-state index contributed by atoms with van der Waals surface area (Å²) in [4.78, 5) is 30.7. The number of piperidine rings is 1. The molecule has 3 fully saturated rings. The van der Waals surface area contributed by atoms with Crippen LogP contribution < -0.4 is 5.32 Å². The van der Waals surface area contributed by atoms with Crippen LogP contribution in [-0.2, 0) is 10.4 Å². The topological polar surface area (TPSA) is 76.1 Å². The molecule has 3 saturated heterocycles. The first kappa shape index (κ1) is 31.1. The summed E-state index contributed by atoms with van der Waals surface area (Å²) in [6.45, 7) is 3.02. The highest BCUT2D eigenvalue weighted by atomic mass is 35.5. The third-order valence-corrected chi connectivity index (χ3v) is 8.47. The quantitative estimate of drug-likeness (QED) is 0.475. The van der Waals surface area contributed by atoms with Crippen molar-refractivity contribution in [3.63, 3.8) is 0 Å². The summed E-state index contributed by atoms with van der Waals surface area (Å²) in [6, 6.07) is 10.1. The second-order valence-corrected chi connectivity index (χ2v) is 12.0. The van der Waals surface area contributed by atoms with Gasteiger partial charge in [0.15, 0.2) is 5.60 Å². The van der Waals surface area contributed by atoms with Crippen molar-refractivity contribution in [3.05, 3.63) is 62.6 Å². The van der Waals surface area contributed by atoms with Crippen molar-refractivity contribution in [1.29, 1.82) is 0 Å². The molecule has 7 nitrogen and oxygen atoms in total. The molecule has 3 heterocycles. The number of likely N-dealkylation sites (tertiary alicyclic amines) is 3. The van der Waals surface area contributed by atoms with Crippen LogP contribution in [-0.4, -0.2) is 88.9 Å². The fraction of sp³-hybridized carbons (Fsp3) is 0.481. The van der Waals surface area contributed by atoms with Crippen molar-refractivity contribution < 1.29 is 23.5 Å². The molecule has 0 radical (unpaired) electrons. The standard InChI is InChI=1S/C27H29Cl3F2N4O3.H2S/c1-26(39,16-8-17(28)10-18(29)9-16)25(38)34-6-4-21(5-7-34)35-12-20(13-35)33-19-2-3-22(23(30)11-19)24(37)36-14-27(31,32)15-36;/h2-3,8-11,20-21,33,39H,4-7,12-15H2,1H3;1H2/t26-;/m0./s1. The van der Waals surface area contributed by atoms with Gasteiger partial charge in [0, 0.05) is 48.0 Å². The zero-order chi connectivity index (χ0) is 28.1. The smallest absolute Gasteiger partial charge is 0.282 e. The Labute approximate surface area is 253 Å². The van der Waals surface area contributed by atoms with Gasteiger partial charge >= 0.3 is 0 Å². The number of amides is 2. The van der Waals surface area contributed by atoms with Gasteiger partial charge in [-0.15, -0.1) is 0 Å². The highest BCUT2D eigenvalue weighted by Crippen LogP contribution is 2.33. The van der Waals surface area contributed by atoms with E-state index in [2.05, 4.69) is 10.2 Å². The molecule has 218 valence electrons. The fourth-order valence-electron chi connectivity index (χ4n) is 5.44. The van der Waals surface area contributed by atoms with Crippen molar-refractivity contribution >= 4 is 65.8 Å². The number of alkyl halides is 2. The third kappa shape index (κ3) is 6.47. The predicted molar refractivity (Wildman–Crippen MR) is 157 cm³/mol. The average molecular weight is 636 g/mol. The van der Waals surface area contributed by atoms with Gasteiger partial charge in [0.05, 0.1) is 29.7 Å². The van der Waals surface area contributed by atoms with Gasteiger partial charge in [-0.05, 0) is 61.7 Å². The Morgan fingerprint density at radius 1 is 1.00 bits per heavy atom. The SMILES string of the molecule is C[C@@](O)(C(=O)N1CCC(N2CC(Nc3ccc(C(=O)N4CC(F)(F)C4)c(Cl)c3)C2)CC1)c1cc(Cl)cc(Cl)c1.S. The van der Waals surface area contributed by atoms with E-state index in [1.165, 1.54) is 6.92 Å². The number of hydrogen-bond donors (Lipinski definition) is 2. The number of anilines is 1.